The number of anilines is 1. The van der Waals surface area contributed by atoms with Gasteiger partial charge in [-0.25, -0.2) is 9.97 Å². The molecule has 0 aliphatic carbocycles. The molecular formula is C70H83N5. The molecule has 2 aliphatic heterocycles. The molecule has 0 saturated carbocycles. The molecule has 2 aliphatic rings. The van der Waals surface area contributed by atoms with Crippen LogP contribution in [-0.2, 0) is 32.5 Å². The molecular weight excluding hydrogens is 911 g/mol. The largest absolute Gasteiger partial charge is 0.378 e. The summed E-state index contributed by atoms with van der Waals surface area (Å²) in [5, 5.41) is 0. The summed E-state index contributed by atoms with van der Waals surface area (Å²) >= 11 is 0. The van der Waals surface area contributed by atoms with E-state index in [2.05, 4.69) is 281 Å². The van der Waals surface area contributed by atoms with Gasteiger partial charge in [-0.05, 0) is 149 Å². The van der Waals surface area contributed by atoms with E-state index < -0.39 is 0 Å². The van der Waals surface area contributed by atoms with E-state index in [1.165, 1.54) is 33.4 Å². The SMILES string of the molecule is CN(C)c1ccc(-c2c3nc(c(-c4cc(C(C)(C)C)cc(C(C)(C)C)c4)c4ccc([nH]4)c(-c4cc(C(C)(C)C)cc(C(C)(C)C)c4)c4nc(c(-c5cc(C(C)(C)C)cc(C(C)(C)C)c5)c5ccc2[nH]5)C=C4)C=C3)cc1. The molecule has 2 N–H and O–H groups in total. The Morgan fingerprint density at radius 1 is 0.293 bits per heavy atom. The third-order valence-electron chi connectivity index (χ3n) is 15.3. The highest BCUT2D eigenvalue weighted by molar-refractivity contribution is 6.00. The summed E-state index contributed by atoms with van der Waals surface area (Å²) in [5.74, 6) is 0. The fourth-order valence-electron chi connectivity index (χ4n) is 10.3. The molecule has 7 aromatic rings. The summed E-state index contributed by atoms with van der Waals surface area (Å²) in [6.07, 6.45) is 8.92. The highest BCUT2D eigenvalue weighted by Gasteiger charge is 2.28. The summed E-state index contributed by atoms with van der Waals surface area (Å²) in [6, 6.07) is 39.5. The highest BCUT2D eigenvalue weighted by Crippen LogP contribution is 2.44. The topological polar surface area (TPSA) is 60.6 Å². The zero-order chi connectivity index (χ0) is 54.5. The number of aromatic nitrogens is 4. The number of nitrogens with zero attached hydrogens (tertiary/aromatic N) is 3. The molecule has 0 radical (unpaired) electrons. The first-order chi connectivity index (χ1) is 34.7. The molecule has 5 nitrogen and oxygen atoms in total. The van der Waals surface area contributed by atoms with Gasteiger partial charge in [0.05, 0.1) is 22.8 Å². The Morgan fingerprint density at radius 3 is 0.733 bits per heavy atom. The second-order valence-electron chi connectivity index (χ2n) is 27.8. The Balaban J connectivity index is 1.52. The maximum Gasteiger partial charge on any atom is 0.0737 e. The van der Waals surface area contributed by atoms with E-state index in [1.54, 1.807) is 0 Å². The molecule has 5 heterocycles. The van der Waals surface area contributed by atoms with E-state index in [0.717, 1.165) is 95.0 Å². The Kier molecular flexibility index (Phi) is 13.1. The third-order valence-corrected chi connectivity index (χ3v) is 15.3. The summed E-state index contributed by atoms with van der Waals surface area (Å²) in [4.78, 5) is 21.8. The van der Waals surface area contributed by atoms with Crippen LogP contribution >= 0.6 is 0 Å². The Morgan fingerprint density at radius 2 is 0.520 bits per heavy atom. The summed E-state index contributed by atoms with van der Waals surface area (Å²) in [5.41, 5.74) is 24.7. The number of H-pyrrole nitrogens is 2. The van der Waals surface area contributed by atoms with Crippen molar-refractivity contribution in [3.8, 4) is 44.5 Å². The maximum atomic E-state index is 5.81. The lowest BCUT2D eigenvalue weighted by molar-refractivity contribution is 0.568. The number of fused-ring (bicyclic) bond motifs is 8. The van der Waals surface area contributed by atoms with Crippen LogP contribution in [0.1, 0.15) is 181 Å². The lowest BCUT2D eigenvalue weighted by atomic mass is 9.78. The lowest BCUT2D eigenvalue weighted by Crippen LogP contribution is -2.16. The van der Waals surface area contributed by atoms with Crippen LogP contribution in [0.3, 0.4) is 0 Å². The van der Waals surface area contributed by atoms with Gasteiger partial charge in [0.25, 0.3) is 0 Å². The predicted octanol–water partition coefficient (Wildman–Crippen LogP) is 19.2. The zero-order valence-electron chi connectivity index (χ0n) is 49.0. The number of rotatable bonds is 5. The number of hydrogen-bond donors (Lipinski definition) is 2. The van der Waals surface area contributed by atoms with Gasteiger partial charge in [0.2, 0.25) is 0 Å². The molecule has 5 heteroatoms. The molecule has 8 bridgehead atoms. The second-order valence-corrected chi connectivity index (χ2v) is 27.8. The average molecular weight is 994 g/mol. The van der Waals surface area contributed by atoms with Crippen LogP contribution in [0.25, 0.3) is 90.9 Å². The van der Waals surface area contributed by atoms with Crippen molar-refractivity contribution >= 4 is 52.1 Å². The van der Waals surface area contributed by atoms with Crippen molar-refractivity contribution in [1.82, 2.24) is 19.9 Å². The molecule has 0 amide bonds. The van der Waals surface area contributed by atoms with E-state index >= 15 is 0 Å². The van der Waals surface area contributed by atoms with E-state index in [1.807, 2.05) is 0 Å². The van der Waals surface area contributed by atoms with Crippen molar-refractivity contribution in [3.63, 3.8) is 0 Å². The monoisotopic (exact) mass is 994 g/mol. The maximum absolute atomic E-state index is 5.81. The first kappa shape index (κ1) is 53.1. The second kappa shape index (κ2) is 18.5. The van der Waals surface area contributed by atoms with E-state index in [-0.39, 0.29) is 32.5 Å². The predicted molar refractivity (Wildman–Crippen MR) is 327 cm³/mol. The first-order valence-corrected chi connectivity index (χ1v) is 27.2. The minimum absolute atomic E-state index is 0.0887. The molecule has 388 valence electrons. The molecule has 75 heavy (non-hydrogen) atoms. The van der Waals surface area contributed by atoms with Crippen molar-refractivity contribution in [2.45, 2.75) is 157 Å². The van der Waals surface area contributed by atoms with E-state index in [9.17, 15) is 0 Å². The van der Waals surface area contributed by atoms with Gasteiger partial charge < -0.3 is 14.9 Å². The minimum Gasteiger partial charge on any atom is -0.378 e. The van der Waals surface area contributed by atoms with Crippen molar-refractivity contribution in [1.29, 1.82) is 0 Å². The van der Waals surface area contributed by atoms with Crippen molar-refractivity contribution in [3.05, 3.63) is 159 Å². The van der Waals surface area contributed by atoms with Crippen LogP contribution in [0, 0.1) is 0 Å². The van der Waals surface area contributed by atoms with Gasteiger partial charge in [0, 0.05) is 64.1 Å². The smallest absolute Gasteiger partial charge is 0.0737 e. The van der Waals surface area contributed by atoms with Gasteiger partial charge >= 0.3 is 0 Å². The molecule has 3 aromatic heterocycles. The molecule has 0 unspecified atom stereocenters. The van der Waals surface area contributed by atoms with E-state index in [0.29, 0.717) is 0 Å². The quantitative estimate of drug-likeness (QED) is 0.181. The van der Waals surface area contributed by atoms with Crippen LogP contribution in [0.4, 0.5) is 5.69 Å². The van der Waals surface area contributed by atoms with Crippen LogP contribution in [-0.4, -0.2) is 34.0 Å². The molecule has 9 rings (SSSR count). The standard InChI is InChI=1S/C70H83N5/c1-65(2,3)46-33-43(34-47(39-46)66(4,5)6)62-55-27-25-53(71-55)61(42-21-23-52(24-22-42)75(19)20)54-26-28-56(72-54)63(44-35-48(67(7,8)9)40-49(36-44)68(10,11)12)58-30-32-60(74-58)64(59-31-29-57(62)73-59)45-37-50(69(13,14)15)41-51(38-45)70(16,17)18/h21-41,71,74H,1-20H3. The zero-order valence-corrected chi connectivity index (χ0v) is 49.0. The third kappa shape index (κ3) is 10.8. The summed E-state index contributed by atoms with van der Waals surface area (Å²) < 4.78 is 0. The first-order valence-electron chi connectivity index (χ1n) is 27.2. The molecule has 0 fully saturated rings. The van der Waals surface area contributed by atoms with Crippen molar-refractivity contribution in [2.75, 3.05) is 19.0 Å². The van der Waals surface area contributed by atoms with Gasteiger partial charge in [-0.15, -0.1) is 0 Å². The number of aromatic amines is 2. The average Bonchev–Trinajstić information content (AvgIpc) is 4.16. The number of hydrogen-bond acceptors (Lipinski definition) is 3. The normalized spacial score (nSPS) is 13.5. The van der Waals surface area contributed by atoms with Gasteiger partial charge in [-0.2, -0.15) is 0 Å². The number of benzene rings is 4. The van der Waals surface area contributed by atoms with Gasteiger partial charge in [0.1, 0.15) is 0 Å². The minimum atomic E-state index is -0.0926. The van der Waals surface area contributed by atoms with Gasteiger partial charge in [-0.1, -0.05) is 191 Å². The van der Waals surface area contributed by atoms with Gasteiger partial charge in [0.15, 0.2) is 0 Å². The van der Waals surface area contributed by atoms with Gasteiger partial charge in [-0.3, -0.25) is 0 Å². The van der Waals surface area contributed by atoms with Crippen LogP contribution in [0.15, 0.2) is 103 Å². The fraction of sp³-hybridized carbons (Fsp3) is 0.371. The van der Waals surface area contributed by atoms with Crippen molar-refractivity contribution in [2.24, 2.45) is 0 Å². The fourth-order valence-corrected chi connectivity index (χ4v) is 10.3. The van der Waals surface area contributed by atoms with Crippen molar-refractivity contribution < 1.29 is 0 Å². The molecule has 0 atom stereocenters. The molecule has 0 spiro atoms. The van der Waals surface area contributed by atoms with Crippen LogP contribution in [0.5, 0.6) is 0 Å². The number of nitrogens with one attached hydrogen (secondary N) is 2. The summed E-state index contributed by atoms with van der Waals surface area (Å²) in [7, 11) is 4.18. The lowest BCUT2D eigenvalue weighted by Gasteiger charge is -2.26. The van der Waals surface area contributed by atoms with Crippen LogP contribution < -0.4 is 4.90 Å². The highest BCUT2D eigenvalue weighted by atomic mass is 15.1. The Bertz CT molecular complexity index is 3430. The van der Waals surface area contributed by atoms with Crippen LogP contribution in [0.2, 0.25) is 0 Å². The summed E-state index contributed by atoms with van der Waals surface area (Å²) in [6.45, 7) is 41.7. The Labute approximate surface area is 449 Å². The Hall–Kier alpha value is -6.72. The van der Waals surface area contributed by atoms with E-state index in [4.69, 9.17) is 9.97 Å². The molecule has 0 saturated heterocycles. The molecule has 4 aromatic carbocycles.